The number of allylic oxidation sites excluding steroid dienone is 1. The smallest absolute Gasteiger partial charge is 0.408 e. The molecule has 3 aromatic rings. The number of rotatable bonds is 25. The minimum Gasteiger partial charge on any atom is -0.481 e. The number of hydrogen-bond acceptors (Lipinski definition) is 13. The van der Waals surface area contributed by atoms with E-state index in [2.05, 4.69) is 43.1 Å². The molecule has 17 nitrogen and oxygen atoms in total. The number of thioether (sulfide) groups is 1. The summed E-state index contributed by atoms with van der Waals surface area (Å²) in [5.74, 6) is -3.72. The summed E-state index contributed by atoms with van der Waals surface area (Å²) in [5, 5.41) is 33.9. The maximum Gasteiger partial charge on any atom is 0.408 e. The zero-order chi connectivity index (χ0) is 43.6. The van der Waals surface area contributed by atoms with E-state index < -0.39 is 66.3 Å². The number of benzene rings is 2. The average Bonchev–Trinajstić information content (AvgIpc) is 3.87. The number of anilines is 1. The lowest BCUT2D eigenvalue weighted by Crippen LogP contribution is -2.56. The molecule has 7 N–H and O–H groups in total. The van der Waals surface area contributed by atoms with Crippen LogP contribution in [0.1, 0.15) is 68.9 Å². The molecule has 4 amide bonds. The number of thiazole rings is 1. The van der Waals surface area contributed by atoms with Crippen LogP contribution in [-0.4, -0.2) is 118 Å². The van der Waals surface area contributed by atoms with Crippen LogP contribution in [0.25, 0.3) is 10.2 Å². The summed E-state index contributed by atoms with van der Waals surface area (Å²) in [7, 11) is 3.84. The van der Waals surface area contributed by atoms with Gasteiger partial charge in [0, 0.05) is 30.1 Å². The highest BCUT2D eigenvalue weighted by atomic mass is 32.2. The molecule has 1 aliphatic rings. The van der Waals surface area contributed by atoms with E-state index >= 15 is 0 Å². The van der Waals surface area contributed by atoms with Crippen LogP contribution in [0.3, 0.4) is 0 Å². The summed E-state index contributed by atoms with van der Waals surface area (Å²) >= 11 is 2.65. The van der Waals surface area contributed by atoms with Crippen LogP contribution in [0.2, 0.25) is 0 Å². The number of aliphatic carboxylic acids is 2. The Labute approximate surface area is 357 Å². The van der Waals surface area contributed by atoms with Crippen molar-refractivity contribution in [3.8, 4) is 0 Å². The molecule has 1 aromatic heterocycles. The predicted molar refractivity (Wildman–Crippen MR) is 232 cm³/mol. The second-order valence-corrected chi connectivity index (χ2v) is 16.6. The molecule has 4 rings (SSSR count). The molecule has 1 aliphatic heterocycles. The first-order valence-corrected chi connectivity index (χ1v) is 21.5. The largest absolute Gasteiger partial charge is 0.481 e. The van der Waals surface area contributed by atoms with E-state index in [0.717, 1.165) is 16.9 Å². The maximum atomic E-state index is 14.1. The number of ether oxygens (including phenoxy) is 1. The van der Waals surface area contributed by atoms with E-state index in [-0.39, 0.29) is 25.9 Å². The summed E-state index contributed by atoms with van der Waals surface area (Å²) in [4.78, 5) is 88.3. The Bertz CT molecular complexity index is 2010. The van der Waals surface area contributed by atoms with Crippen molar-refractivity contribution >= 4 is 79.8 Å². The van der Waals surface area contributed by atoms with Gasteiger partial charge in [-0.2, -0.15) is 0 Å². The fourth-order valence-electron chi connectivity index (χ4n) is 6.02. The van der Waals surface area contributed by atoms with Gasteiger partial charge in [-0.1, -0.05) is 36.9 Å². The average molecular weight is 867 g/mol. The Kier molecular flexibility index (Phi) is 18.8. The number of alkyl carbamates (subject to hydrolysis) is 1. The predicted octanol–water partition coefficient (Wildman–Crippen LogP) is 4.34. The topological polar surface area (TPSA) is 241 Å². The molecule has 324 valence electrons. The summed E-state index contributed by atoms with van der Waals surface area (Å²) in [6.45, 7) is 6.95. The Morgan fingerprint density at radius 1 is 0.883 bits per heavy atom. The van der Waals surface area contributed by atoms with Crippen LogP contribution >= 0.6 is 23.1 Å². The molecule has 4 atom stereocenters. The van der Waals surface area contributed by atoms with Crippen LogP contribution in [0.15, 0.2) is 65.8 Å². The molecule has 0 unspecified atom stereocenters. The van der Waals surface area contributed by atoms with Gasteiger partial charge < -0.3 is 46.4 Å². The van der Waals surface area contributed by atoms with Gasteiger partial charge in [0.25, 0.3) is 0 Å². The first-order valence-electron chi connectivity index (χ1n) is 19.7. The minimum absolute atomic E-state index is 0.0768. The molecular formula is C41H54N8O9S2. The zero-order valence-electron chi connectivity index (χ0n) is 34.0. The van der Waals surface area contributed by atoms with Gasteiger partial charge in [-0.3, -0.25) is 24.2 Å². The first kappa shape index (κ1) is 47.2. The Morgan fingerprint density at radius 2 is 1.55 bits per heavy atom. The van der Waals surface area contributed by atoms with Crippen LogP contribution < -0.4 is 26.6 Å². The lowest BCUT2D eigenvalue weighted by atomic mass is 10.0. The van der Waals surface area contributed by atoms with Crippen molar-refractivity contribution in [2.24, 2.45) is 4.99 Å². The Balaban J connectivity index is 1.50. The van der Waals surface area contributed by atoms with Crippen molar-refractivity contribution in [1.29, 1.82) is 0 Å². The molecule has 2 aromatic carbocycles. The SMILES string of the molecule is C=C(C)NCCCC[C@H](NC(=O)[C@H](CCCCN(C)C)NC(=O)[C@H](CCC(=O)O)NC(=O)OCc1ccccc1)C(=O)Nc1ccc2nc(C3=N[C@@H](C(=O)O)CS3)sc2c1. The fourth-order valence-corrected chi connectivity index (χ4v) is 8.12. The van der Waals surface area contributed by atoms with Crippen molar-refractivity contribution in [1.82, 2.24) is 31.2 Å². The van der Waals surface area contributed by atoms with Crippen molar-refractivity contribution in [2.45, 2.75) is 89.1 Å². The molecule has 19 heteroatoms. The standard InChI is InChI=1S/C41H54N8O9S2/c1-25(2)42-20-10-8-14-29(35(52)43-27-16-17-28-33(22-27)60-39(46-28)38-47-32(24-59-38)40(55)56)44-36(53)30(15-9-11-21-49(3)4)45-37(54)31(18-19-34(50)51)48-41(57)58-23-26-12-6-5-7-13-26/h5-7,12-13,16-17,22,29-32,42H,1,8-11,14-15,18-21,23-24H2,2-4H3,(H,43,52)(H,44,53)(H,45,54)(H,48,57)(H,50,51)(H,55,56)/t29-,30-,31-,32+/m0/s1. The number of carbonyl (C=O) groups is 6. The molecular weight excluding hydrogens is 813 g/mol. The van der Waals surface area contributed by atoms with Crippen molar-refractivity contribution < 1.29 is 43.7 Å². The second-order valence-electron chi connectivity index (χ2n) is 14.6. The van der Waals surface area contributed by atoms with Crippen LogP contribution in [-0.2, 0) is 35.3 Å². The number of nitrogens with one attached hydrogen (secondary N) is 5. The van der Waals surface area contributed by atoms with Crippen LogP contribution in [0, 0.1) is 0 Å². The monoisotopic (exact) mass is 866 g/mol. The third kappa shape index (κ3) is 15.9. The van der Waals surface area contributed by atoms with E-state index in [1.807, 2.05) is 32.0 Å². The summed E-state index contributed by atoms with van der Waals surface area (Å²) in [6, 6.07) is 9.77. The highest BCUT2D eigenvalue weighted by Gasteiger charge is 2.31. The van der Waals surface area contributed by atoms with Crippen molar-refractivity contribution in [2.75, 3.05) is 38.3 Å². The quantitative estimate of drug-likeness (QED) is 0.0588. The highest BCUT2D eigenvalue weighted by Crippen LogP contribution is 2.31. The number of amides is 4. The van der Waals surface area contributed by atoms with Crippen molar-refractivity contribution in [3.05, 3.63) is 71.4 Å². The molecule has 0 bridgehead atoms. The molecule has 0 spiro atoms. The second kappa shape index (κ2) is 23.9. The molecule has 0 saturated heterocycles. The summed E-state index contributed by atoms with van der Waals surface area (Å²) < 4.78 is 6.02. The summed E-state index contributed by atoms with van der Waals surface area (Å²) in [5.41, 5.74) is 2.62. The van der Waals surface area contributed by atoms with Gasteiger partial charge in [0.05, 0.1) is 10.2 Å². The number of carboxylic acid groups (broad SMARTS) is 2. The molecule has 0 fully saturated rings. The first-order chi connectivity index (χ1) is 28.7. The zero-order valence-corrected chi connectivity index (χ0v) is 35.7. The number of fused-ring (bicyclic) bond motifs is 1. The van der Waals surface area contributed by atoms with E-state index in [9.17, 15) is 39.0 Å². The minimum atomic E-state index is -1.33. The number of nitrogens with zero attached hydrogens (tertiary/aromatic N) is 3. The van der Waals surface area contributed by atoms with Gasteiger partial charge >= 0.3 is 18.0 Å². The number of aliphatic imine (C=N–C) groups is 1. The van der Waals surface area contributed by atoms with Crippen LogP contribution in [0.4, 0.5) is 10.5 Å². The Morgan fingerprint density at radius 3 is 2.18 bits per heavy atom. The lowest BCUT2D eigenvalue weighted by Gasteiger charge is -2.25. The number of aromatic nitrogens is 1. The Hall–Kier alpha value is -5.53. The van der Waals surface area contributed by atoms with Crippen molar-refractivity contribution in [3.63, 3.8) is 0 Å². The fraction of sp³-hybridized carbons (Fsp3) is 0.463. The third-order valence-corrected chi connectivity index (χ3v) is 11.4. The highest BCUT2D eigenvalue weighted by molar-refractivity contribution is 8.15. The molecule has 0 radical (unpaired) electrons. The molecule has 0 saturated carbocycles. The number of carboxylic acids is 2. The van der Waals surface area contributed by atoms with Crippen LogP contribution in [0.5, 0.6) is 0 Å². The van der Waals surface area contributed by atoms with Gasteiger partial charge in [-0.05, 0) is 96.3 Å². The van der Waals surface area contributed by atoms with E-state index in [1.165, 1.54) is 23.1 Å². The van der Waals surface area contributed by atoms with Gasteiger partial charge in [0.1, 0.15) is 34.8 Å². The van der Waals surface area contributed by atoms with E-state index in [4.69, 9.17) is 4.74 Å². The lowest BCUT2D eigenvalue weighted by molar-refractivity contribution is -0.138. The number of unbranched alkanes of at least 4 members (excludes halogenated alkanes) is 2. The van der Waals surface area contributed by atoms with Gasteiger partial charge in [-0.15, -0.1) is 23.1 Å². The molecule has 60 heavy (non-hydrogen) atoms. The normalized spacial score (nSPS) is 15.0. The van der Waals surface area contributed by atoms with E-state index in [1.54, 1.807) is 42.5 Å². The van der Waals surface area contributed by atoms with E-state index in [0.29, 0.717) is 64.8 Å². The maximum absolute atomic E-state index is 14.1. The third-order valence-electron chi connectivity index (χ3n) is 9.20. The van der Waals surface area contributed by atoms with Gasteiger partial charge in [-0.25, -0.2) is 14.6 Å². The number of carbonyl (C=O) groups excluding carboxylic acids is 4. The summed E-state index contributed by atoms with van der Waals surface area (Å²) in [6.07, 6.45) is 1.30. The number of hydrogen-bond donors (Lipinski definition) is 7. The van der Waals surface area contributed by atoms with Gasteiger partial charge in [0.15, 0.2) is 6.04 Å². The molecule has 2 heterocycles. The molecule has 0 aliphatic carbocycles. The van der Waals surface area contributed by atoms with Gasteiger partial charge in [0.2, 0.25) is 17.7 Å².